The first-order valence-electron chi connectivity index (χ1n) is 8.00. The molecule has 0 aliphatic carbocycles. The van der Waals surface area contributed by atoms with Gasteiger partial charge < -0.3 is 10.2 Å². The van der Waals surface area contributed by atoms with Crippen LogP contribution in [0, 0.1) is 5.92 Å². The van der Waals surface area contributed by atoms with Gasteiger partial charge >= 0.3 is 0 Å². The van der Waals surface area contributed by atoms with Crippen LogP contribution in [0.4, 0.5) is 0 Å². The molecule has 0 radical (unpaired) electrons. The SMILES string of the molecule is CNCC1CCN(C(=O)CCCSc2ccc(Cl)cc2)CC1. The summed E-state index contributed by atoms with van der Waals surface area (Å²) in [5.41, 5.74) is 0. The van der Waals surface area contributed by atoms with Gasteiger partial charge in [0.15, 0.2) is 0 Å². The molecule has 1 aliphatic rings. The lowest BCUT2D eigenvalue weighted by Gasteiger charge is -2.32. The summed E-state index contributed by atoms with van der Waals surface area (Å²) < 4.78 is 0. The molecule has 1 aromatic rings. The van der Waals surface area contributed by atoms with Crippen LogP contribution in [0.3, 0.4) is 0 Å². The maximum Gasteiger partial charge on any atom is 0.222 e. The fourth-order valence-corrected chi connectivity index (χ4v) is 3.76. The quantitative estimate of drug-likeness (QED) is 0.607. The second-order valence-electron chi connectivity index (χ2n) is 5.79. The lowest BCUT2D eigenvalue weighted by Crippen LogP contribution is -2.40. The smallest absolute Gasteiger partial charge is 0.222 e. The zero-order valence-corrected chi connectivity index (χ0v) is 14.8. The highest BCUT2D eigenvalue weighted by atomic mass is 35.5. The first-order chi connectivity index (χ1) is 10.7. The average Bonchev–Trinajstić information content (AvgIpc) is 2.54. The Balaban J connectivity index is 1.61. The molecule has 122 valence electrons. The summed E-state index contributed by atoms with van der Waals surface area (Å²) in [7, 11) is 2.00. The van der Waals surface area contributed by atoms with Gasteiger partial charge in [-0.2, -0.15) is 0 Å². The van der Waals surface area contributed by atoms with Gasteiger partial charge in [-0.25, -0.2) is 0 Å². The van der Waals surface area contributed by atoms with Crippen molar-refractivity contribution in [3.05, 3.63) is 29.3 Å². The maximum atomic E-state index is 12.2. The molecule has 1 amide bonds. The molecule has 1 aromatic carbocycles. The Morgan fingerprint density at radius 1 is 1.32 bits per heavy atom. The third-order valence-electron chi connectivity index (χ3n) is 4.08. The Morgan fingerprint density at radius 3 is 2.64 bits per heavy atom. The molecule has 0 atom stereocenters. The van der Waals surface area contributed by atoms with Gasteiger partial charge in [0.25, 0.3) is 0 Å². The molecule has 2 rings (SSSR count). The Bertz CT molecular complexity index is 458. The summed E-state index contributed by atoms with van der Waals surface area (Å²) in [6.45, 7) is 2.92. The normalized spacial score (nSPS) is 16.0. The number of hydrogen-bond acceptors (Lipinski definition) is 3. The fraction of sp³-hybridized carbons (Fsp3) is 0.588. The van der Waals surface area contributed by atoms with E-state index in [0.29, 0.717) is 12.3 Å². The standard InChI is InChI=1S/C17H25ClN2OS/c1-19-13-14-8-10-20(11-9-14)17(21)3-2-12-22-16-6-4-15(18)5-7-16/h4-7,14,19H,2-3,8-13H2,1H3. The van der Waals surface area contributed by atoms with Crippen molar-refractivity contribution in [1.82, 2.24) is 10.2 Å². The molecule has 0 saturated carbocycles. The van der Waals surface area contributed by atoms with E-state index in [1.165, 1.54) is 4.90 Å². The summed E-state index contributed by atoms with van der Waals surface area (Å²) in [6, 6.07) is 7.87. The number of carbonyl (C=O) groups is 1. The first-order valence-corrected chi connectivity index (χ1v) is 9.36. The van der Waals surface area contributed by atoms with Crippen molar-refractivity contribution >= 4 is 29.3 Å². The lowest BCUT2D eigenvalue weighted by atomic mass is 9.96. The predicted molar refractivity (Wildman–Crippen MR) is 94.6 cm³/mol. The van der Waals surface area contributed by atoms with Gasteiger partial charge in [0.1, 0.15) is 0 Å². The monoisotopic (exact) mass is 340 g/mol. The number of nitrogens with one attached hydrogen (secondary N) is 1. The summed E-state index contributed by atoms with van der Waals surface area (Å²) in [5, 5.41) is 3.99. The van der Waals surface area contributed by atoms with Crippen molar-refractivity contribution in [3.63, 3.8) is 0 Å². The molecule has 0 bridgehead atoms. The number of likely N-dealkylation sites (tertiary alicyclic amines) is 1. The highest BCUT2D eigenvalue weighted by molar-refractivity contribution is 7.99. The van der Waals surface area contributed by atoms with Crippen molar-refractivity contribution in [2.75, 3.05) is 32.4 Å². The molecule has 1 aliphatic heterocycles. The van der Waals surface area contributed by atoms with Gasteiger partial charge in [0.2, 0.25) is 5.91 Å². The highest BCUT2D eigenvalue weighted by Crippen LogP contribution is 2.22. The molecule has 1 N–H and O–H groups in total. The first kappa shape index (κ1) is 17.6. The summed E-state index contributed by atoms with van der Waals surface area (Å²) >= 11 is 7.65. The largest absolute Gasteiger partial charge is 0.343 e. The Morgan fingerprint density at radius 2 is 2.00 bits per heavy atom. The average molecular weight is 341 g/mol. The zero-order valence-electron chi connectivity index (χ0n) is 13.2. The minimum Gasteiger partial charge on any atom is -0.343 e. The fourth-order valence-electron chi connectivity index (χ4n) is 2.78. The van der Waals surface area contributed by atoms with Gasteiger partial charge in [-0.3, -0.25) is 4.79 Å². The van der Waals surface area contributed by atoms with Gasteiger partial charge in [0.05, 0.1) is 0 Å². The van der Waals surface area contributed by atoms with Crippen LogP contribution in [-0.2, 0) is 4.79 Å². The Labute approximate surface area is 142 Å². The van der Waals surface area contributed by atoms with Crippen molar-refractivity contribution in [2.45, 2.75) is 30.6 Å². The number of amides is 1. The van der Waals surface area contributed by atoms with Crippen LogP contribution in [-0.4, -0.2) is 43.2 Å². The Kier molecular flexibility index (Phi) is 7.56. The highest BCUT2D eigenvalue weighted by Gasteiger charge is 2.21. The molecule has 0 spiro atoms. The van der Waals surface area contributed by atoms with E-state index in [1.807, 2.05) is 36.2 Å². The molecule has 1 fully saturated rings. The third kappa shape index (κ3) is 5.82. The molecule has 0 unspecified atom stereocenters. The molecule has 0 aromatic heterocycles. The van der Waals surface area contributed by atoms with Crippen molar-refractivity contribution in [2.24, 2.45) is 5.92 Å². The third-order valence-corrected chi connectivity index (χ3v) is 5.43. The number of nitrogens with zero attached hydrogens (tertiary/aromatic N) is 1. The number of benzene rings is 1. The summed E-state index contributed by atoms with van der Waals surface area (Å²) in [5.74, 6) is 2.03. The van der Waals surface area contributed by atoms with E-state index in [-0.39, 0.29) is 0 Å². The van der Waals surface area contributed by atoms with Crippen LogP contribution < -0.4 is 5.32 Å². The van der Waals surface area contributed by atoms with Crippen LogP contribution in [0.5, 0.6) is 0 Å². The van der Waals surface area contributed by atoms with Crippen molar-refractivity contribution in [1.29, 1.82) is 0 Å². The lowest BCUT2D eigenvalue weighted by molar-refractivity contribution is -0.132. The van der Waals surface area contributed by atoms with Gasteiger partial charge in [-0.15, -0.1) is 11.8 Å². The van der Waals surface area contributed by atoms with Crippen molar-refractivity contribution < 1.29 is 4.79 Å². The minimum atomic E-state index is 0.319. The number of rotatable bonds is 7. The van der Waals surface area contributed by atoms with Gasteiger partial charge in [-0.1, -0.05) is 11.6 Å². The number of piperidine rings is 1. The van der Waals surface area contributed by atoms with Crippen LogP contribution in [0.15, 0.2) is 29.2 Å². The van der Waals surface area contributed by atoms with E-state index in [4.69, 9.17) is 11.6 Å². The van der Waals surface area contributed by atoms with E-state index in [9.17, 15) is 4.79 Å². The van der Waals surface area contributed by atoms with Crippen LogP contribution in [0.2, 0.25) is 5.02 Å². The number of halogens is 1. The van der Waals surface area contributed by atoms with E-state index in [2.05, 4.69) is 5.32 Å². The molecule has 1 saturated heterocycles. The molecular formula is C17H25ClN2OS. The number of thioether (sulfide) groups is 1. The maximum absolute atomic E-state index is 12.2. The van der Waals surface area contributed by atoms with E-state index in [1.54, 1.807) is 11.8 Å². The van der Waals surface area contributed by atoms with Gasteiger partial charge in [0, 0.05) is 29.4 Å². The molecule has 3 nitrogen and oxygen atoms in total. The molecular weight excluding hydrogens is 316 g/mol. The molecule has 5 heteroatoms. The topological polar surface area (TPSA) is 32.3 Å². The van der Waals surface area contributed by atoms with Gasteiger partial charge in [-0.05, 0) is 68.8 Å². The zero-order chi connectivity index (χ0) is 15.8. The predicted octanol–water partition coefficient (Wildman–Crippen LogP) is 3.67. The van der Waals surface area contributed by atoms with Crippen LogP contribution in [0.1, 0.15) is 25.7 Å². The minimum absolute atomic E-state index is 0.319. The molecule has 22 heavy (non-hydrogen) atoms. The van der Waals surface area contributed by atoms with Crippen molar-refractivity contribution in [3.8, 4) is 0 Å². The van der Waals surface area contributed by atoms with E-state index < -0.39 is 0 Å². The molecule has 1 heterocycles. The number of carbonyl (C=O) groups excluding carboxylic acids is 1. The van der Waals surface area contributed by atoms with E-state index in [0.717, 1.165) is 55.6 Å². The van der Waals surface area contributed by atoms with Crippen LogP contribution >= 0.6 is 23.4 Å². The second-order valence-corrected chi connectivity index (χ2v) is 7.39. The number of hydrogen-bond donors (Lipinski definition) is 1. The van der Waals surface area contributed by atoms with Crippen LogP contribution in [0.25, 0.3) is 0 Å². The Hall–Kier alpha value is -0.710. The summed E-state index contributed by atoms with van der Waals surface area (Å²) in [4.78, 5) is 15.5. The summed E-state index contributed by atoms with van der Waals surface area (Å²) in [6.07, 6.45) is 3.86. The second kappa shape index (κ2) is 9.43. The van der Waals surface area contributed by atoms with E-state index >= 15 is 0 Å².